The summed E-state index contributed by atoms with van der Waals surface area (Å²) in [6.45, 7) is 1.15. The second-order valence-corrected chi connectivity index (χ2v) is 7.77. The molecule has 0 bridgehead atoms. The van der Waals surface area contributed by atoms with Crippen LogP contribution in [0.3, 0.4) is 0 Å². The van der Waals surface area contributed by atoms with Gasteiger partial charge in [0.2, 0.25) is 15.9 Å². The molecule has 0 radical (unpaired) electrons. The number of anilines is 1. The molecule has 9 heteroatoms. The minimum atomic E-state index is -3.34. The number of methoxy groups -OCH3 is 1. The lowest BCUT2D eigenvalue weighted by Gasteiger charge is -2.32. The van der Waals surface area contributed by atoms with Gasteiger partial charge in [-0.2, -0.15) is 0 Å². The maximum absolute atomic E-state index is 12.5. The number of amides is 2. The van der Waals surface area contributed by atoms with E-state index >= 15 is 0 Å². The molecule has 8 nitrogen and oxygen atoms in total. The zero-order valence-electron chi connectivity index (χ0n) is 14.3. The van der Waals surface area contributed by atoms with Gasteiger partial charge in [0.1, 0.15) is 6.61 Å². The molecule has 2 amide bonds. The number of nitrogens with one attached hydrogen (secondary N) is 2. The number of rotatable bonds is 6. The molecule has 2 N–H and O–H groups in total. The summed E-state index contributed by atoms with van der Waals surface area (Å²) in [5, 5.41) is 2.88. The molecule has 25 heavy (non-hydrogen) atoms. The normalized spacial score (nSPS) is 15.7. The van der Waals surface area contributed by atoms with Crippen LogP contribution in [0.4, 0.5) is 5.69 Å². The van der Waals surface area contributed by atoms with Crippen LogP contribution in [0.15, 0.2) is 24.3 Å². The SMILES string of the molecule is COCC(=O)NC1CCN(C(=O)c2ccc(NS(C)(=O)=O)cc2)CC1. The second kappa shape index (κ2) is 8.30. The Kier molecular flexibility index (Phi) is 6.38. The maximum Gasteiger partial charge on any atom is 0.253 e. The van der Waals surface area contributed by atoms with Crippen molar-refractivity contribution >= 4 is 27.5 Å². The standard InChI is InChI=1S/C16H23N3O5S/c1-24-11-15(20)17-13-7-9-19(10-8-13)16(21)12-3-5-14(6-4-12)18-25(2,22)23/h3-6,13,18H,7-11H2,1-2H3,(H,17,20). The fourth-order valence-electron chi connectivity index (χ4n) is 2.70. The van der Waals surface area contributed by atoms with E-state index in [2.05, 4.69) is 10.0 Å². The van der Waals surface area contributed by atoms with Gasteiger partial charge in [0.25, 0.3) is 5.91 Å². The van der Waals surface area contributed by atoms with Crippen molar-refractivity contribution in [3.63, 3.8) is 0 Å². The topological polar surface area (TPSA) is 105 Å². The smallest absolute Gasteiger partial charge is 0.253 e. The summed E-state index contributed by atoms with van der Waals surface area (Å²) in [4.78, 5) is 25.8. The van der Waals surface area contributed by atoms with Gasteiger partial charge < -0.3 is 15.0 Å². The molecule has 0 spiro atoms. The van der Waals surface area contributed by atoms with Gasteiger partial charge in [-0.25, -0.2) is 8.42 Å². The molecule has 1 saturated heterocycles. The highest BCUT2D eigenvalue weighted by Crippen LogP contribution is 2.16. The first-order chi connectivity index (χ1) is 11.8. The van der Waals surface area contributed by atoms with Crippen molar-refractivity contribution in [3.8, 4) is 0 Å². The summed E-state index contributed by atoms with van der Waals surface area (Å²) in [5.74, 6) is -0.256. The zero-order chi connectivity index (χ0) is 18.4. The van der Waals surface area contributed by atoms with Crippen LogP contribution in [0, 0.1) is 0 Å². The van der Waals surface area contributed by atoms with E-state index in [9.17, 15) is 18.0 Å². The largest absolute Gasteiger partial charge is 0.375 e. The number of ether oxygens (including phenoxy) is 1. The van der Waals surface area contributed by atoms with Gasteiger partial charge in [-0.05, 0) is 37.1 Å². The predicted octanol–water partition coefficient (Wildman–Crippen LogP) is 0.425. The maximum atomic E-state index is 12.5. The third kappa shape index (κ3) is 6.02. The van der Waals surface area contributed by atoms with Crippen molar-refractivity contribution in [2.75, 3.05) is 37.8 Å². The molecule has 0 aromatic heterocycles. The Hall–Kier alpha value is -2.13. The van der Waals surface area contributed by atoms with E-state index in [0.717, 1.165) is 6.26 Å². The van der Waals surface area contributed by atoms with Crippen molar-refractivity contribution in [1.29, 1.82) is 0 Å². The molecule has 0 atom stereocenters. The molecular weight excluding hydrogens is 346 g/mol. The Morgan fingerprint density at radius 1 is 1.20 bits per heavy atom. The van der Waals surface area contributed by atoms with Crippen molar-refractivity contribution in [3.05, 3.63) is 29.8 Å². The molecule has 0 unspecified atom stereocenters. The number of hydrogen-bond donors (Lipinski definition) is 2. The van der Waals surface area contributed by atoms with Crippen LogP contribution in [0.25, 0.3) is 0 Å². The fraction of sp³-hybridized carbons (Fsp3) is 0.500. The Bertz CT molecular complexity index is 710. The lowest BCUT2D eigenvalue weighted by molar-refractivity contribution is -0.125. The lowest BCUT2D eigenvalue weighted by atomic mass is 10.0. The van der Waals surface area contributed by atoms with Gasteiger partial charge >= 0.3 is 0 Å². The van der Waals surface area contributed by atoms with Crippen molar-refractivity contribution < 1.29 is 22.7 Å². The molecule has 0 saturated carbocycles. The number of nitrogens with zero attached hydrogens (tertiary/aromatic N) is 1. The van der Waals surface area contributed by atoms with Crippen LogP contribution < -0.4 is 10.0 Å². The van der Waals surface area contributed by atoms with Gasteiger partial charge in [-0.3, -0.25) is 14.3 Å². The Balaban J connectivity index is 1.88. The van der Waals surface area contributed by atoms with Gasteiger partial charge in [-0.15, -0.1) is 0 Å². The van der Waals surface area contributed by atoms with Crippen LogP contribution >= 0.6 is 0 Å². The monoisotopic (exact) mass is 369 g/mol. The molecule has 1 fully saturated rings. The number of sulfonamides is 1. The fourth-order valence-corrected chi connectivity index (χ4v) is 3.27. The summed E-state index contributed by atoms with van der Waals surface area (Å²) in [5.41, 5.74) is 0.916. The van der Waals surface area contributed by atoms with E-state index in [1.54, 1.807) is 29.2 Å². The molecule has 0 aliphatic carbocycles. The van der Waals surface area contributed by atoms with Crippen LogP contribution in [-0.2, 0) is 19.6 Å². The summed E-state index contributed by atoms with van der Waals surface area (Å²) in [6, 6.07) is 6.37. The van der Waals surface area contributed by atoms with E-state index in [-0.39, 0.29) is 24.5 Å². The van der Waals surface area contributed by atoms with Gasteiger partial charge in [-0.1, -0.05) is 0 Å². The van der Waals surface area contributed by atoms with Gasteiger partial charge in [0, 0.05) is 37.5 Å². The first-order valence-corrected chi connectivity index (χ1v) is 9.83. The van der Waals surface area contributed by atoms with Gasteiger partial charge in [0.15, 0.2) is 0 Å². The summed E-state index contributed by atoms with van der Waals surface area (Å²) in [6.07, 6.45) is 2.45. The number of carbonyl (C=O) groups excluding carboxylic acids is 2. The quantitative estimate of drug-likeness (QED) is 0.756. The highest BCUT2D eigenvalue weighted by Gasteiger charge is 2.24. The average Bonchev–Trinajstić information content (AvgIpc) is 2.54. The number of piperidine rings is 1. The molecule has 1 aliphatic heterocycles. The average molecular weight is 369 g/mol. The molecule has 1 aromatic rings. The molecule has 1 heterocycles. The molecule has 138 valence electrons. The predicted molar refractivity (Wildman–Crippen MR) is 93.9 cm³/mol. The van der Waals surface area contributed by atoms with E-state index in [0.29, 0.717) is 37.2 Å². The Morgan fingerprint density at radius 3 is 2.32 bits per heavy atom. The summed E-state index contributed by atoms with van der Waals surface area (Å²) in [7, 11) is -1.87. The third-order valence-corrected chi connectivity index (χ3v) is 4.46. The zero-order valence-corrected chi connectivity index (χ0v) is 15.1. The van der Waals surface area contributed by atoms with E-state index < -0.39 is 10.0 Å². The lowest BCUT2D eigenvalue weighted by Crippen LogP contribution is -2.47. The minimum absolute atomic E-state index is 0.0347. The third-order valence-electron chi connectivity index (χ3n) is 3.86. The number of hydrogen-bond acceptors (Lipinski definition) is 5. The van der Waals surface area contributed by atoms with Crippen molar-refractivity contribution in [2.24, 2.45) is 0 Å². The van der Waals surface area contributed by atoms with Crippen molar-refractivity contribution in [1.82, 2.24) is 10.2 Å². The number of likely N-dealkylation sites (tertiary alicyclic amines) is 1. The summed E-state index contributed by atoms with van der Waals surface area (Å²) < 4.78 is 29.5. The van der Waals surface area contributed by atoms with Crippen LogP contribution in [0.5, 0.6) is 0 Å². The van der Waals surface area contributed by atoms with Crippen LogP contribution in [-0.4, -0.2) is 64.2 Å². The second-order valence-electron chi connectivity index (χ2n) is 6.02. The van der Waals surface area contributed by atoms with Crippen LogP contribution in [0.1, 0.15) is 23.2 Å². The van der Waals surface area contributed by atoms with Crippen LogP contribution in [0.2, 0.25) is 0 Å². The highest BCUT2D eigenvalue weighted by atomic mass is 32.2. The van der Waals surface area contributed by atoms with E-state index in [1.165, 1.54) is 7.11 Å². The molecule has 1 aromatic carbocycles. The van der Waals surface area contributed by atoms with E-state index in [4.69, 9.17) is 4.74 Å². The van der Waals surface area contributed by atoms with Gasteiger partial charge in [0.05, 0.1) is 6.26 Å². The highest BCUT2D eigenvalue weighted by molar-refractivity contribution is 7.92. The first kappa shape index (κ1) is 19.2. The van der Waals surface area contributed by atoms with Crippen molar-refractivity contribution in [2.45, 2.75) is 18.9 Å². The molecule has 2 rings (SSSR count). The van der Waals surface area contributed by atoms with E-state index in [1.807, 2.05) is 0 Å². The Morgan fingerprint density at radius 2 is 1.80 bits per heavy atom. The molecule has 1 aliphatic rings. The molecular formula is C16H23N3O5S. The minimum Gasteiger partial charge on any atom is -0.375 e. The number of benzene rings is 1. The first-order valence-electron chi connectivity index (χ1n) is 7.94. The Labute approximate surface area is 147 Å². The number of carbonyl (C=O) groups is 2. The summed E-state index contributed by atoms with van der Waals surface area (Å²) >= 11 is 0.